The second-order valence-corrected chi connectivity index (χ2v) is 15.8. The third-order valence-electron chi connectivity index (χ3n) is 11.3. The minimum atomic E-state index is 0.700. The average Bonchev–Trinajstić information content (AvgIpc) is 3.88. The molecule has 8 aromatic carbocycles. The molecule has 0 radical (unpaired) electrons. The summed E-state index contributed by atoms with van der Waals surface area (Å²) in [7, 11) is 0. The van der Waals surface area contributed by atoms with Crippen LogP contribution in [0.4, 0.5) is 0 Å². The van der Waals surface area contributed by atoms with E-state index in [1.54, 1.807) is 0 Å². The fraction of sp³-hybridized carbons (Fsp3) is 0. The van der Waals surface area contributed by atoms with Gasteiger partial charge in [-0.05, 0) is 42.0 Å². The van der Waals surface area contributed by atoms with Gasteiger partial charge in [-0.2, -0.15) is 0 Å². The molecule has 5 heteroatoms. The summed E-state index contributed by atoms with van der Waals surface area (Å²) < 4.78 is 9.32. The lowest BCUT2D eigenvalue weighted by atomic mass is 9.95. The van der Waals surface area contributed by atoms with Crippen molar-refractivity contribution < 1.29 is 4.42 Å². The van der Waals surface area contributed by atoms with E-state index in [2.05, 4.69) is 164 Å². The van der Waals surface area contributed by atoms with E-state index in [0.29, 0.717) is 5.82 Å². The zero-order valence-corrected chi connectivity index (χ0v) is 31.9. The van der Waals surface area contributed by atoms with Gasteiger partial charge in [0.25, 0.3) is 0 Å². The molecule has 58 heavy (non-hydrogen) atoms. The third kappa shape index (κ3) is 5.18. The number of hydrogen-bond donors (Lipinski definition) is 0. The van der Waals surface area contributed by atoms with Crippen molar-refractivity contribution in [2.75, 3.05) is 0 Å². The van der Waals surface area contributed by atoms with Crippen molar-refractivity contribution in [3.05, 3.63) is 188 Å². The van der Waals surface area contributed by atoms with Crippen LogP contribution in [0.3, 0.4) is 0 Å². The van der Waals surface area contributed by atoms with Gasteiger partial charge >= 0.3 is 0 Å². The largest absolute Gasteiger partial charge is 0.455 e. The molecule has 0 aliphatic heterocycles. The molecule has 0 bridgehead atoms. The van der Waals surface area contributed by atoms with Gasteiger partial charge in [0.2, 0.25) is 0 Å². The normalized spacial score (nSPS) is 11.8. The van der Waals surface area contributed by atoms with Gasteiger partial charge in [0.05, 0.1) is 22.6 Å². The van der Waals surface area contributed by atoms with E-state index >= 15 is 0 Å². The molecular formula is C53H31N3OS. The highest BCUT2D eigenvalue weighted by molar-refractivity contribution is 7.25. The number of thiophene rings is 1. The number of pyridine rings is 1. The highest BCUT2D eigenvalue weighted by atomic mass is 32.1. The van der Waals surface area contributed by atoms with Gasteiger partial charge < -0.3 is 4.42 Å². The van der Waals surface area contributed by atoms with Crippen LogP contribution in [0, 0.1) is 0 Å². The minimum Gasteiger partial charge on any atom is -0.455 e. The molecule has 0 saturated carbocycles. The van der Waals surface area contributed by atoms with Gasteiger partial charge in [-0.3, -0.25) is 0 Å². The van der Waals surface area contributed by atoms with Crippen molar-refractivity contribution in [2.24, 2.45) is 0 Å². The Bertz CT molecular complexity index is 3550. The Hall–Kier alpha value is -7.47. The van der Waals surface area contributed by atoms with Crippen molar-refractivity contribution in [3.63, 3.8) is 0 Å². The van der Waals surface area contributed by atoms with E-state index in [9.17, 15) is 0 Å². The number of aromatic nitrogens is 3. The Kier molecular flexibility index (Phi) is 7.37. The summed E-state index contributed by atoms with van der Waals surface area (Å²) in [4.78, 5) is 15.5. The molecule has 0 amide bonds. The molecule has 0 aliphatic rings. The van der Waals surface area contributed by atoms with Gasteiger partial charge in [-0.1, -0.05) is 152 Å². The number of nitrogens with zero attached hydrogens (tertiary/aromatic N) is 3. The molecule has 0 atom stereocenters. The summed E-state index contributed by atoms with van der Waals surface area (Å²) in [5.41, 5.74) is 11.7. The van der Waals surface area contributed by atoms with E-state index in [0.717, 1.165) is 94.1 Å². The first-order valence-corrected chi connectivity index (χ1v) is 20.2. The number of rotatable bonds is 5. The number of para-hydroxylation sites is 2. The van der Waals surface area contributed by atoms with Gasteiger partial charge in [-0.25, -0.2) is 15.0 Å². The molecule has 4 heterocycles. The van der Waals surface area contributed by atoms with Crippen molar-refractivity contribution in [1.29, 1.82) is 0 Å². The van der Waals surface area contributed by atoms with E-state index in [1.807, 2.05) is 35.6 Å². The summed E-state index contributed by atoms with van der Waals surface area (Å²) >= 11 is 1.82. The molecule has 4 nitrogen and oxygen atoms in total. The molecule has 0 spiro atoms. The maximum Gasteiger partial charge on any atom is 0.160 e. The summed E-state index contributed by atoms with van der Waals surface area (Å²) in [5.74, 6) is 0.700. The molecular weight excluding hydrogens is 727 g/mol. The van der Waals surface area contributed by atoms with Crippen LogP contribution in [0.1, 0.15) is 0 Å². The summed E-state index contributed by atoms with van der Waals surface area (Å²) in [6, 6.07) is 65.8. The fourth-order valence-electron chi connectivity index (χ4n) is 8.63. The Morgan fingerprint density at radius 2 is 1.03 bits per heavy atom. The zero-order chi connectivity index (χ0) is 38.2. The molecule has 270 valence electrons. The molecule has 12 aromatic rings. The Morgan fingerprint density at radius 3 is 1.88 bits per heavy atom. The number of furan rings is 1. The van der Waals surface area contributed by atoms with Gasteiger partial charge in [0.15, 0.2) is 5.82 Å². The summed E-state index contributed by atoms with van der Waals surface area (Å²) in [6.45, 7) is 0. The predicted molar refractivity (Wildman–Crippen MR) is 242 cm³/mol. The fourth-order valence-corrected chi connectivity index (χ4v) is 9.76. The molecule has 0 fully saturated rings. The molecule has 0 saturated heterocycles. The molecule has 12 rings (SSSR count). The highest BCUT2D eigenvalue weighted by Gasteiger charge is 2.20. The van der Waals surface area contributed by atoms with Crippen LogP contribution in [0.25, 0.3) is 120 Å². The third-order valence-corrected chi connectivity index (χ3v) is 12.4. The molecule has 4 aromatic heterocycles. The Labute approximate surface area is 337 Å². The first-order valence-electron chi connectivity index (χ1n) is 19.4. The minimum absolute atomic E-state index is 0.700. The first kappa shape index (κ1) is 32.7. The zero-order valence-electron chi connectivity index (χ0n) is 31.1. The monoisotopic (exact) mass is 757 g/mol. The average molecular weight is 758 g/mol. The lowest BCUT2D eigenvalue weighted by Crippen LogP contribution is -1.96. The van der Waals surface area contributed by atoms with Crippen LogP contribution in [0.2, 0.25) is 0 Å². The van der Waals surface area contributed by atoms with Crippen LogP contribution in [0.5, 0.6) is 0 Å². The summed E-state index contributed by atoms with van der Waals surface area (Å²) in [5, 5.41) is 8.05. The van der Waals surface area contributed by atoms with Crippen LogP contribution in [-0.2, 0) is 0 Å². The summed E-state index contributed by atoms with van der Waals surface area (Å²) in [6.07, 6.45) is 0. The quantitative estimate of drug-likeness (QED) is 0.164. The smallest absolute Gasteiger partial charge is 0.160 e. The van der Waals surface area contributed by atoms with Crippen LogP contribution in [-0.4, -0.2) is 15.0 Å². The van der Waals surface area contributed by atoms with Crippen molar-refractivity contribution in [1.82, 2.24) is 15.0 Å². The molecule has 0 aliphatic carbocycles. The molecule has 0 N–H and O–H groups in total. The SMILES string of the molecule is c1ccc(-c2nc(-c3ccc(-c4cccc5c4oc4ccc6c(-c7ccccc7)nc7ccccc7c6c45)cc3)cc(-c3cccc4sc5ccccc5c34)n2)cc1. The predicted octanol–water partition coefficient (Wildman–Crippen LogP) is 14.8. The van der Waals surface area contributed by atoms with E-state index in [-0.39, 0.29) is 0 Å². The molecule has 0 unspecified atom stereocenters. The maximum absolute atomic E-state index is 6.80. The Balaban J connectivity index is 1.01. The lowest BCUT2D eigenvalue weighted by Gasteiger charge is -2.11. The number of benzene rings is 8. The number of fused-ring (bicyclic) bond motifs is 10. The lowest BCUT2D eigenvalue weighted by molar-refractivity contribution is 0.670. The standard InChI is InChI=1S/C53H31N3OS/c1-3-13-34(14-4-1)51-40-29-30-45-50(49(40)37-17-7-9-22-42(37)54-51)41-21-11-19-36(52(41)57-45)32-25-27-33(28-26-32)43-31-44(56-53(55-43)35-15-5-2-6-16-35)38-20-12-24-47-48(38)39-18-8-10-23-46(39)58-47/h1-31H. The van der Waals surface area contributed by atoms with Crippen LogP contribution >= 0.6 is 11.3 Å². The van der Waals surface area contributed by atoms with Crippen LogP contribution < -0.4 is 0 Å². The topological polar surface area (TPSA) is 51.8 Å². The van der Waals surface area contributed by atoms with Crippen LogP contribution in [0.15, 0.2) is 192 Å². The van der Waals surface area contributed by atoms with E-state index in [4.69, 9.17) is 19.4 Å². The van der Waals surface area contributed by atoms with Gasteiger partial charge in [0.1, 0.15) is 11.2 Å². The number of hydrogen-bond acceptors (Lipinski definition) is 5. The first-order chi connectivity index (χ1) is 28.7. The van der Waals surface area contributed by atoms with E-state index < -0.39 is 0 Å². The second kappa shape index (κ2) is 13.1. The maximum atomic E-state index is 6.80. The van der Waals surface area contributed by atoms with Crippen molar-refractivity contribution in [2.45, 2.75) is 0 Å². The van der Waals surface area contributed by atoms with Gasteiger partial charge in [-0.15, -0.1) is 11.3 Å². The Morgan fingerprint density at radius 1 is 0.379 bits per heavy atom. The van der Waals surface area contributed by atoms with Crippen molar-refractivity contribution >= 4 is 75.1 Å². The second-order valence-electron chi connectivity index (χ2n) is 14.7. The van der Waals surface area contributed by atoms with E-state index in [1.165, 1.54) is 20.2 Å². The van der Waals surface area contributed by atoms with Crippen molar-refractivity contribution in [3.8, 4) is 56.3 Å². The van der Waals surface area contributed by atoms with Gasteiger partial charge in [0, 0.05) is 74.9 Å². The highest BCUT2D eigenvalue weighted by Crippen LogP contribution is 2.44.